The number of esters is 1. The van der Waals surface area contributed by atoms with Gasteiger partial charge < -0.3 is 59.4 Å². The number of carbonyl (C=O) groups is 1. The topological polar surface area (TPSA) is 268 Å². The largest absolute Gasteiger partial charge is 0.455 e. The van der Waals surface area contributed by atoms with Crippen molar-refractivity contribution in [2.75, 3.05) is 6.61 Å². The average molecular weight is 861 g/mol. The monoisotopic (exact) mass is 860 g/mol. The number of aliphatic hydroxyl groups excluding tert-OH is 5. The fourth-order valence-corrected chi connectivity index (χ4v) is 13.3. The number of rotatable bonds is 9. The Bertz CT molecular complexity index is 1810. The van der Waals surface area contributed by atoms with Crippen molar-refractivity contribution in [3.8, 4) is 0 Å². The molecule has 3 saturated heterocycles. The summed E-state index contributed by atoms with van der Waals surface area (Å²) in [5.74, 6) is -0.823. The lowest BCUT2D eigenvalue weighted by Gasteiger charge is -2.64. The maximum absolute atomic E-state index is 14.3. The number of hydrogen-bond acceptors (Lipinski definition) is 16. The van der Waals surface area contributed by atoms with Gasteiger partial charge in [0.25, 0.3) is 0 Å². The van der Waals surface area contributed by atoms with Crippen molar-refractivity contribution in [3.05, 3.63) is 23.8 Å². The van der Waals surface area contributed by atoms with Gasteiger partial charge in [0.15, 0.2) is 12.6 Å². The van der Waals surface area contributed by atoms with Crippen LogP contribution in [0.2, 0.25) is 0 Å². The van der Waals surface area contributed by atoms with E-state index in [-0.39, 0.29) is 24.7 Å². The van der Waals surface area contributed by atoms with Crippen molar-refractivity contribution >= 4 is 16.4 Å². The van der Waals surface area contributed by atoms with Crippen LogP contribution in [0.1, 0.15) is 100 Å². The Hall–Kier alpha value is -1.62. The molecular formula is C41H64O17S. The lowest BCUT2D eigenvalue weighted by molar-refractivity contribution is -0.362. The number of carbonyl (C=O) groups excluding carboxylic acids is 1. The molecule has 17 nitrogen and oxygen atoms in total. The summed E-state index contributed by atoms with van der Waals surface area (Å²) in [5.41, 5.74) is -6.67. The van der Waals surface area contributed by atoms with Crippen LogP contribution in [-0.2, 0) is 43.1 Å². The van der Waals surface area contributed by atoms with E-state index >= 15 is 0 Å². The molecule has 0 radical (unpaired) electrons. The van der Waals surface area contributed by atoms with Crippen LogP contribution < -0.4 is 0 Å². The molecule has 336 valence electrons. The van der Waals surface area contributed by atoms with Crippen molar-refractivity contribution in [2.45, 2.75) is 185 Å². The first-order valence-corrected chi connectivity index (χ1v) is 22.2. The maximum Gasteiger partial charge on any atom is 0.397 e. The van der Waals surface area contributed by atoms with Crippen molar-refractivity contribution in [1.82, 2.24) is 0 Å². The second kappa shape index (κ2) is 14.7. The van der Waals surface area contributed by atoms with E-state index in [2.05, 4.69) is 25.0 Å². The van der Waals surface area contributed by atoms with Crippen molar-refractivity contribution in [2.24, 2.45) is 33.5 Å². The average Bonchev–Trinajstić information content (AvgIpc) is 3.48. The molecule has 59 heavy (non-hydrogen) atoms. The Morgan fingerprint density at radius 3 is 2.24 bits per heavy atom. The van der Waals surface area contributed by atoms with E-state index in [0.717, 1.165) is 5.57 Å². The van der Waals surface area contributed by atoms with Gasteiger partial charge in [-0.2, -0.15) is 8.42 Å². The Balaban J connectivity index is 1.16. The molecule has 3 saturated carbocycles. The zero-order chi connectivity index (χ0) is 43.7. The molecular weight excluding hydrogens is 797 g/mol. The van der Waals surface area contributed by atoms with Gasteiger partial charge in [-0.3, -0.25) is 9.35 Å². The summed E-state index contributed by atoms with van der Waals surface area (Å²) in [4.78, 5) is 14.3. The Kier molecular flexibility index (Phi) is 11.3. The van der Waals surface area contributed by atoms with Crippen LogP contribution >= 0.6 is 0 Å². The molecule has 0 amide bonds. The van der Waals surface area contributed by atoms with Crippen LogP contribution in [0, 0.1) is 33.5 Å². The first-order chi connectivity index (χ1) is 27.1. The SMILES string of the molecule is C[C@H]1O[C@@H](O[C@H]2[C@H](O[C@H]3CC[C@]4(C)C5=C[C@H](O)[C@]67C(=O)O[C@@](C)(C/C=C/C(C)(C)O)[C@@]6(O)CC[C@@]7(C)[C@@H]5CC[C@H]4C3(C)C)OC[C@@H](OS(=O)(=O)O)[C@@H]2O)[C@H](O)[C@@H](O)[C@@H]1O. The smallest absolute Gasteiger partial charge is 0.397 e. The van der Waals surface area contributed by atoms with Gasteiger partial charge in [0.05, 0.1) is 30.5 Å². The molecule has 1 spiro atoms. The van der Waals surface area contributed by atoms with E-state index in [4.69, 9.17) is 23.7 Å². The molecule has 3 heterocycles. The third-order valence-corrected chi connectivity index (χ3v) is 16.4. The third-order valence-electron chi connectivity index (χ3n) is 15.9. The molecule has 0 aromatic carbocycles. The summed E-state index contributed by atoms with van der Waals surface area (Å²) in [6.45, 7) is 14.2. The summed E-state index contributed by atoms with van der Waals surface area (Å²) < 4.78 is 67.6. The Morgan fingerprint density at radius 1 is 0.915 bits per heavy atom. The van der Waals surface area contributed by atoms with Gasteiger partial charge in [-0.05, 0) is 94.3 Å². The van der Waals surface area contributed by atoms with E-state index in [0.29, 0.717) is 32.1 Å². The fourth-order valence-electron chi connectivity index (χ4n) is 12.8. The highest BCUT2D eigenvalue weighted by Gasteiger charge is 2.85. The molecule has 8 N–H and O–H groups in total. The molecule has 7 rings (SSSR count). The summed E-state index contributed by atoms with van der Waals surface area (Å²) in [6.07, 6.45) is -7.39. The summed E-state index contributed by atoms with van der Waals surface area (Å²) in [7, 11) is -5.05. The van der Waals surface area contributed by atoms with Crippen LogP contribution in [0.15, 0.2) is 23.8 Å². The minimum absolute atomic E-state index is 0.0429. The maximum atomic E-state index is 14.3. The number of hydrogen-bond donors (Lipinski definition) is 8. The lowest BCUT2D eigenvalue weighted by atomic mass is 9.40. The first-order valence-electron chi connectivity index (χ1n) is 20.8. The standard InChI is InChI=1S/C41H64O17S/c1-20-27(43)29(45)30(46)32(54-20)56-31-28(44)23(58-59(50,51)52)19-53-33(31)55-26-12-15-37(6)22-18-25(42)41-34(47)57-39(8,14-9-13-35(2,3)48)40(41,49)17-16-38(41,7)21(22)10-11-24(37)36(26,4)5/h9,13,18,20-21,23-33,42-46,48-49H,10-12,14-17,19H2,1-8H3,(H,50,51,52)/b13-9+/t20-,21-,23-,24+,25+,26+,27-,28+,29+,30-,31-,32+,33+,37-,38+,39+,40+,41-/m1/s1. The van der Waals surface area contributed by atoms with E-state index in [1.807, 2.05) is 6.92 Å². The zero-order valence-electron chi connectivity index (χ0n) is 35.1. The normalized spacial score (nSPS) is 51.0. The minimum atomic E-state index is -5.05. The predicted molar refractivity (Wildman–Crippen MR) is 205 cm³/mol. The van der Waals surface area contributed by atoms with Crippen LogP contribution in [0.5, 0.6) is 0 Å². The Morgan fingerprint density at radius 2 is 1.59 bits per heavy atom. The zero-order valence-corrected chi connectivity index (χ0v) is 35.9. The number of cyclic esters (lactones) is 1. The van der Waals surface area contributed by atoms with Gasteiger partial charge in [-0.15, -0.1) is 0 Å². The lowest BCUT2D eigenvalue weighted by Crippen LogP contribution is -2.68. The molecule has 0 bridgehead atoms. The molecule has 7 aliphatic rings. The van der Waals surface area contributed by atoms with Crippen LogP contribution in [0.25, 0.3) is 0 Å². The van der Waals surface area contributed by atoms with E-state index < -0.39 is 129 Å². The van der Waals surface area contributed by atoms with E-state index in [9.17, 15) is 53.5 Å². The Labute approximate surface area is 345 Å². The molecule has 6 fully saturated rings. The van der Waals surface area contributed by atoms with Gasteiger partial charge in [0.2, 0.25) is 0 Å². The summed E-state index contributed by atoms with van der Waals surface area (Å²) in [5, 5.41) is 78.1. The van der Waals surface area contributed by atoms with Gasteiger partial charge in [-0.25, -0.2) is 4.18 Å². The molecule has 0 aromatic rings. The van der Waals surface area contributed by atoms with Gasteiger partial charge in [0, 0.05) is 6.42 Å². The molecule has 18 heteroatoms. The van der Waals surface area contributed by atoms with Crippen molar-refractivity contribution < 1.29 is 81.4 Å². The fraction of sp³-hybridized carbons (Fsp3) is 0.878. The van der Waals surface area contributed by atoms with Gasteiger partial charge in [0.1, 0.15) is 53.2 Å². The molecule has 0 unspecified atom stereocenters. The third kappa shape index (κ3) is 6.82. The molecule has 3 aliphatic heterocycles. The highest BCUT2D eigenvalue weighted by Crippen LogP contribution is 2.77. The molecule has 0 aromatic heterocycles. The first kappa shape index (κ1) is 45.4. The number of aliphatic hydroxyl groups is 7. The van der Waals surface area contributed by atoms with Crippen molar-refractivity contribution in [1.29, 1.82) is 0 Å². The van der Waals surface area contributed by atoms with Gasteiger partial charge >= 0.3 is 16.4 Å². The number of allylic oxidation sites excluding steroid dienone is 1. The second-order valence-corrected chi connectivity index (χ2v) is 21.2. The number of ether oxygens (including phenoxy) is 5. The van der Waals surface area contributed by atoms with E-state index in [1.165, 1.54) is 6.92 Å². The quantitative estimate of drug-likeness (QED) is 0.0700. The van der Waals surface area contributed by atoms with Crippen molar-refractivity contribution in [3.63, 3.8) is 0 Å². The molecule has 18 atom stereocenters. The predicted octanol–water partition coefficient (Wildman–Crippen LogP) is 1.19. The van der Waals surface area contributed by atoms with Gasteiger partial charge in [-0.1, -0.05) is 51.5 Å². The summed E-state index contributed by atoms with van der Waals surface area (Å²) in [6, 6.07) is 0. The highest BCUT2D eigenvalue weighted by molar-refractivity contribution is 7.80. The second-order valence-electron chi connectivity index (χ2n) is 20.2. The van der Waals surface area contributed by atoms with Crippen LogP contribution in [-0.4, -0.2) is 146 Å². The van der Waals surface area contributed by atoms with Crippen LogP contribution in [0.4, 0.5) is 0 Å². The molecule has 4 aliphatic carbocycles. The highest BCUT2D eigenvalue weighted by atomic mass is 32.3. The van der Waals surface area contributed by atoms with E-state index in [1.54, 1.807) is 39.0 Å². The van der Waals surface area contributed by atoms with Crippen LogP contribution in [0.3, 0.4) is 0 Å². The number of fused-ring (bicyclic) bond motifs is 4. The minimum Gasteiger partial charge on any atom is -0.455 e. The summed E-state index contributed by atoms with van der Waals surface area (Å²) >= 11 is 0.